The molecular weight excluding hydrogens is 307 g/mol. The van der Waals surface area contributed by atoms with Gasteiger partial charge in [0, 0.05) is 6.42 Å². The van der Waals surface area contributed by atoms with Crippen LogP contribution in [0.3, 0.4) is 0 Å². The third-order valence-corrected chi connectivity index (χ3v) is 5.23. The van der Waals surface area contributed by atoms with E-state index >= 15 is 0 Å². The lowest BCUT2D eigenvalue weighted by atomic mass is 9.71. The van der Waals surface area contributed by atoms with E-state index in [1.807, 2.05) is 13.0 Å². The van der Waals surface area contributed by atoms with Crippen LogP contribution in [0.25, 0.3) is 0 Å². The van der Waals surface area contributed by atoms with Crippen LogP contribution in [-0.4, -0.2) is 12.5 Å². The standard InChI is InChI=1S/C16H22Cl2N2O/c1-11-5-6-12(17)15(14(11)18)20-13(21)9-16(10-19)7-3-2-4-8-16/h5-6H,2-4,7-10,19H2,1H3,(H,20,21). The van der Waals surface area contributed by atoms with Crippen molar-refractivity contribution in [3.63, 3.8) is 0 Å². The van der Waals surface area contributed by atoms with Gasteiger partial charge in [-0.15, -0.1) is 0 Å². The van der Waals surface area contributed by atoms with Crippen molar-refractivity contribution in [3.05, 3.63) is 27.7 Å². The molecule has 0 radical (unpaired) electrons. The van der Waals surface area contributed by atoms with Crippen LogP contribution >= 0.6 is 23.2 Å². The number of carbonyl (C=O) groups excluding carboxylic acids is 1. The van der Waals surface area contributed by atoms with Crippen LogP contribution < -0.4 is 11.1 Å². The van der Waals surface area contributed by atoms with Gasteiger partial charge >= 0.3 is 0 Å². The lowest BCUT2D eigenvalue weighted by molar-refractivity contribution is -0.118. The summed E-state index contributed by atoms with van der Waals surface area (Å²) in [5.74, 6) is -0.0586. The molecule has 0 bridgehead atoms. The largest absolute Gasteiger partial charge is 0.330 e. The summed E-state index contributed by atoms with van der Waals surface area (Å²) in [5.41, 5.74) is 7.26. The molecule has 5 heteroatoms. The molecule has 1 amide bonds. The Kier molecular flexibility index (Phi) is 5.53. The maximum absolute atomic E-state index is 12.4. The fourth-order valence-electron chi connectivity index (χ4n) is 3.05. The molecule has 1 aliphatic rings. The minimum atomic E-state index is -0.0644. The molecule has 1 aliphatic carbocycles. The fourth-order valence-corrected chi connectivity index (χ4v) is 3.52. The van der Waals surface area contributed by atoms with Crippen LogP contribution in [0.5, 0.6) is 0 Å². The van der Waals surface area contributed by atoms with Gasteiger partial charge in [-0.1, -0.05) is 48.5 Å². The second kappa shape index (κ2) is 6.99. The number of carbonyl (C=O) groups is 1. The molecule has 0 heterocycles. The Balaban J connectivity index is 2.10. The normalized spacial score (nSPS) is 17.5. The summed E-state index contributed by atoms with van der Waals surface area (Å²) in [7, 11) is 0. The van der Waals surface area contributed by atoms with Gasteiger partial charge in [0.1, 0.15) is 0 Å². The first-order chi connectivity index (χ1) is 9.97. The molecule has 2 rings (SSSR count). The number of nitrogens with one attached hydrogen (secondary N) is 1. The van der Waals surface area contributed by atoms with Crippen LogP contribution in [0.4, 0.5) is 5.69 Å². The van der Waals surface area contributed by atoms with Gasteiger partial charge in [-0.2, -0.15) is 0 Å². The number of amides is 1. The smallest absolute Gasteiger partial charge is 0.225 e. The monoisotopic (exact) mass is 328 g/mol. The highest BCUT2D eigenvalue weighted by Crippen LogP contribution is 2.39. The topological polar surface area (TPSA) is 55.1 Å². The van der Waals surface area contributed by atoms with E-state index in [4.69, 9.17) is 28.9 Å². The summed E-state index contributed by atoms with van der Waals surface area (Å²) in [6.07, 6.45) is 6.01. The summed E-state index contributed by atoms with van der Waals surface area (Å²) in [6.45, 7) is 2.44. The third kappa shape index (κ3) is 3.91. The minimum absolute atomic E-state index is 0.0586. The maximum atomic E-state index is 12.4. The van der Waals surface area contributed by atoms with E-state index in [2.05, 4.69) is 5.32 Å². The predicted octanol–water partition coefficient (Wildman–Crippen LogP) is 4.54. The van der Waals surface area contributed by atoms with Gasteiger partial charge in [0.25, 0.3) is 0 Å². The zero-order valence-corrected chi connectivity index (χ0v) is 13.9. The van der Waals surface area contributed by atoms with E-state index in [1.54, 1.807) is 6.07 Å². The van der Waals surface area contributed by atoms with Crippen molar-refractivity contribution in [2.45, 2.75) is 45.4 Å². The Labute approximate surface area is 136 Å². The SMILES string of the molecule is Cc1ccc(Cl)c(NC(=O)CC2(CN)CCCCC2)c1Cl. The highest BCUT2D eigenvalue weighted by molar-refractivity contribution is 6.40. The average Bonchev–Trinajstić information content (AvgIpc) is 2.48. The quantitative estimate of drug-likeness (QED) is 0.852. The maximum Gasteiger partial charge on any atom is 0.225 e. The van der Waals surface area contributed by atoms with E-state index in [-0.39, 0.29) is 11.3 Å². The van der Waals surface area contributed by atoms with Crippen molar-refractivity contribution in [2.24, 2.45) is 11.1 Å². The van der Waals surface area contributed by atoms with Crippen molar-refractivity contribution in [2.75, 3.05) is 11.9 Å². The number of hydrogen-bond acceptors (Lipinski definition) is 2. The van der Waals surface area contributed by atoms with E-state index in [0.717, 1.165) is 31.2 Å². The fraction of sp³-hybridized carbons (Fsp3) is 0.562. The van der Waals surface area contributed by atoms with E-state index in [1.165, 1.54) is 6.42 Å². The number of rotatable bonds is 4. The van der Waals surface area contributed by atoms with Gasteiger partial charge in [0.05, 0.1) is 15.7 Å². The van der Waals surface area contributed by atoms with E-state index in [0.29, 0.717) is 28.7 Å². The molecule has 0 saturated heterocycles. The van der Waals surface area contributed by atoms with Crippen LogP contribution in [0, 0.1) is 12.3 Å². The number of benzene rings is 1. The molecule has 0 atom stereocenters. The van der Waals surface area contributed by atoms with E-state index in [9.17, 15) is 4.79 Å². The summed E-state index contributed by atoms with van der Waals surface area (Å²) in [5, 5.41) is 3.83. The first-order valence-electron chi connectivity index (χ1n) is 7.42. The molecule has 0 aromatic heterocycles. The van der Waals surface area contributed by atoms with Crippen molar-refractivity contribution in [1.82, 2.24) is 0 Å². The molecule has 0 aliphatic heterocycles. The highest BCUT2D eigenvalue weighted by atomic mass is 35.5. The Morgan fingerprint density at radius 1 is 1.29 bits per heavy atom. The van der Waals surface area contributed by atoms with Crippen LogP contribution in [0.15, 0.2) is 12.1 Å². The van der Waals surface area contributed by atoms with Crippen LogP contribution in [0.1, 0.15) is 44.1 Å². The molecule has 21 heavy (non-hydrogen) atoms. The predicted molar refractivity (Wildman–Crippen MR) is 89.0 cm³/mol. The first-order valence-corrected chi connectivity index (χ1v) is 8.17. The molecular formula is C16H22Cl2N2O. The Morgan fingerprint density at radius 3 is 2.57 bits per heavy atom. The summed E-state index contributed by atoms with van der Waals surface area (Å²) >= 11 is 12.4. The molecule has 1 saturated carbocycles. The van der Waals surface area contributed by atoms with Gasteiger partial charge in [0.2, 0.25) is 5.91 Å². The molecule has 116 valence electrons. The summed E-state index contributed by atoms with van der Waals surface area (Å²) in [6, 6.07) is 3.58. The molecule has 0 spiro atoms. The molecule has 1 aromatic rings. The van der Waals surface area contributed by atoms with Gasteiger partial charge in [-0.05, 0) is 43.4 Å². The molecule has 0 unspecified atom stereocenters. The lowest BCUT2D eigenvalue weighted by Gasteiger charge is -2.35. The number of nitrogens with two attached hydrogens (primary N) is 1. The second-order valence-electron chi connectivity index (χ2n) is 6.04. The molecule has 3 nitrogen and oxygen atoms in total. The Hall–Kier alpha value is -0.770. The van der Waals surface area contributed by atoms with Crippen molar-refractivity contribution < 1.29 is 4.79 Å². The molecule has 1 fully saturated rings. The number of anilines is 1. The van der Waals surface area contributed by atoms with Gasteiger partial charge < -0.3 is 11.1 Å². The van der Waals surface area contributed by atoms with Gasteiger partial charge in [-0.3, -0.25) is 4.79 Å². The number of halogens is 2. The second-order valence-corrected chi connectivity index (χ2v) is 6.83. The summed E-state index contributed by atoms with van der Waals surface area (Å²) in [4.78, 5) is 12.4. The zero-order chi connectivity index (χ0) is 15.5. The van der Waals surface area contributed by atoms with Crippen molar-refractivity contribution >= 4 is 34.8 Å². The third-order valence-electron chi connectivity index (χ3n) is 4.43. The average molecular weight is 329 g/mol. The van der Waals surface area contributed by atoms with Crippen LogP contribution in [0.2, 0.25) is 10.0 Å². The van der Waals surface area contributed by atoms with Crippen LogP contribution in [-0.2, 0) is 4.79 Å². The highest BCUT2D eigenvalue weighted by Gasteiger charge is 2.33. The Morgan fingerprint density at radius 2 is 1.95 bits per heavy atom. The van der Waals surface area contributed by atoms with Crippen molar-refractivity contribution in [1.29, 1.82) is 0 Å². The van der Waals surface area contributed by atoms with Crippen molar-refractivity contribution in [3.8, 4) is 0 Å². The number of hydrogen-bond donors (Lipinski definition) is 2. The molecule has 3 N–H and O–H groups in total. The Bertz CT molecular complexity index is 525. The molecule has 1 aromatic carbocycles. The van der Waals surface area contributed by atoms with Gasteiger partial charge in [0.15, 0.2) is 0 Å². The first kappa shape index (κ1) is 16.6. The van der Waals surface area contributed by atoms with E-state index < -0.39 is 0 Å². The number of aryl methyl sites for hydroxylation is 1. The zero-order valence-electron chi connectivity index (χ0n) is 12.3. The lowest BCUT2D eigenvalue weighted by Crippen LogP contribution is -2.36. The minimum Gasteiger partial charge on any atom is -0.330 e. The summed E-state index contributed by atoms with van der Waals surface area (Å²) < 4.78 is 0. The van der Waals surface area contributed by atoms with Gasteiger partial charge in [-0.25, -0.2) is 0 Å².